The molecule has 2 aliphatic rings. The van der Waals surface area contributed by atoms with Crippen LogP contribution in [0.25, 0.3) is 0 Å². The summed E-state index contributed by atoms with van der Waals surface area (Å²) in [5.41, 5.74) is 0.141. The number of carbonyl (C=O) groups excluding carboxylic acids is 1. The molecule has 3 heterocycles. The molecule has 0 radical (unpaired) electrons. The average molecular weight is 369 g/mol. The predicted octanol–water partition coefficient (Wildman–Crippen LogP) is 2.96. The summed E-state index contributed by atoms with van der Waals surface area (Å²) < 4.78 is 5.56. The van der Waals surface area contributed by atoms with Crippen LogP contribution < -0.4 is 5.32 Å². The number of rotatable bonds is 3. The van der Waals surface area contributed by atoms with E-state index in [0.29, 0.717) is 11.4 Å². The van der Waals surface area contributed by atoms with E-state index in [9.17, 15) is 9.90 Å². The number of aromatic nitrogens is 2. The van der Waals surface area contributed by atoms with Crippen molar-refractivity contribution >= 4 is 23.5 Å². The quantitative estimate of drug-likeness (QED) is 0.852. The van der Waals surface area contributed by atoms with Gasteiger partial charge in [-0.15, -0.1) is 10.2 Å². The minimum atomic E-state index is -0.486. The second kappa shape index (κ2) is 6.96. The third-order valence-corrected chi connectivity index (χ3v) is 4.88. The van der Waals surface area contributed by atoms with Gasteiger partial charge in [-0.1, -0.05) is 11.6 Å². The summed E-state index contributed by atoms with van der Waals surface area (Å²) in [6.07, 6.45) is 3.40. The largest absolute Gasteiger partial charge is 0.444 e. The fourth-order valence-electron chi connectivity index (χ4n) is 3.75. The van der Waals surface area contributed by atoms with Crippen molar-refractivity contribution in [3.8, 4) is 0 Å². The average Bonchev–Trinajstić information content (AvgIpc) is 2.79. The van der Waals surface area contributed by atoms with Gasteiger partial charge in [-0.3, -0.25) is 0 Å². The number of anilines is 1. The number of amides is 1. The van der Waals surface area contributed by atoms with E-state index in [1.165, 1.54) is 0 Å². The number of hydrogen-bond acceptors (Lipinski definition) is 6. The molecule has 2 saturated heterocycles. The van der Waals surface area contributed by atoms with Crippen molar-refractivity contribution in [2.24, 2.45) is 0 Å². The first-order chi connectivity index (χ1) is 11.8. The fraction of sp³-hybridized carbons (Fsp3) is 0.706. The number of nitrogens with one attached hydrogen (secondary N) is 1. The normalized spacial score (nSPS) is 25.8. The number of fused-ring (bicyclic) bond motifs is 2. The molecule has 1 aromatic heterocycles. The maximum absolute atomic E-state index is 12.5. The molecule has 3 rings (SSSR count). The molecule has 7 nitrogen and oxygen atoms in total. The Hall–Kier alpha value is -1.60. The van der Waals surface area contributed by atoms with Crippen LogP contribution in [0.2, 0.25) is 5.15 Å². The smallest absolute Gasteiger partial charge is 0.410 e. The SMILES string of the molecule is CC(C)(C)OC(=O)N1[C@@H]2CC[C@H]1CC(Nc1nnc(Cl)cc1CO)C2. The summed E-state index contributed by atoms with van der Waals surface area (Å²) >= 11 is 5.83. The summed E-state index contributed by atoms with van der Waals surface area (Å²) in [5, 5.41) is 21.0. The standard InChI is InChI=1S/C17H25ClN4O3/c1-17(2,3)25-16(24)22-12-4-5-13(22)8-11(7-12)19-15-10(9-23)6-14(18)20-21-15/h6,11-13,23H,4-5,7-9H2,1-3H3,(H,19,21)/t11?,12-,13+. The number of nitrogens with zero attached hydrogens (tertiary/aromatic N) is 3. The van der Waals surface area contributed by atoms with Crippen molar-refractivity contribution in [3.63, 3.8) is 0 Å². The van der Waals surface area contributed by atoms with E-state index in [1.54, 1.807) is 6.07 Å². The molecule has 1 amide bonds. The van der Waals surface area contributed by atoms with Crippen LogP contribution in [0.3, 0.4) is 0 Å². The molecule has 2 fully saturated rings. The van der Waals surface area contributed by atoms with Crippen LogP contribution in [0.5, 0.6) is 0 Å². The van der Waals surface area contributed by atoms with E-state index in [-0.39, 0.29) is 36.0 Å². The Bertz CT molecular complexity index is 635. The molecule has 0 saturated carbocycles. The highest BCUT2D eigenvalue weighted by Crippen LogP contribution is 2.38. The molecule has 1 unspecified atom stereocenters. The maximum Gasteiger partial charge on any atom is 0.410 e. The number of aliphatic hydroxyl groups is 1. The van der Waals surface area contributed by atoms with Crippen molar-refractivity contribution in [2.45, 2.75) is 76.8 Å². The van der Waals surface area contributed by atoms with Gasteiger partial charge in [0.2, 0.25) is 0 Å². The Morgan fingerprint density at radius 2 is 2.00 bits per heavy atom. The first kappa shape index (κ1) is 18.2. The Kier molecular flexibility index (Phi) is 5.06. The summed E-state index contributed by atoms with van der Waals surface area (Å²) in [7, 11) is 0. The molecule has 25 heavy (non-hydrogen) atoms. The number of hydrogen-bond donors (Lipinski definition) is 2. The topological polar surface area (TPSA) is 87.6 Å². The summed E-state index contributed by atoms with van der Waals surface area (Å²) in [5.74, 6) is 0.557. The van der Waals surface area contributed by atoms with Gasteiger partial charge in [-0.2, -0.15) is 0 Å². The van der Waals surface area contributed by atoms with E-state index >= 15 is 0 Å². The van der Waals surface area contributed by atoms with E-state index in [4.69, 9.17) is 16.3 Å². The van der Waals surface area contributed by atoms with Gasteiger partial charge < -0.3 is 20.1 Å². The second-order valence-electron chi connectivity index (χ2n) is 7.78. The lowest BCUT2D eigenvalue weighted by atomic mass is 9.97. The van der Waals surface area contributed by atoms with Gasteiger partial charge in [0.05, 0.1) is 6.61 Å². The number of halogens is 1. The highest BCUT2D eigenvalue weighted by molar-refractivity contribution is 6.29. The van der Waals surface area contributed by atoms with Crippen molar-refractivity contribution in [3.05, 3.63) is 16.8 Å². The lowest BCUT2D eigenvalue weighted by molar-refractivity contribution is 0.00682. The number of piperidine rings is 1. The Labute approximate surface area is 152 Å². The van der Waals surface area contributed by atoms with Gasteiger partial charge in [0.25, 0.3) is 0 Å². The van der Waals surface area contributed by atoms with Gasteiger partial charge in [-0.25, -0.2) is 4.79 Å². The molecule has 138 valence electrons. The first-order valence-electron chi connectivity index (χ1n) is 8.67. The third-order valence-electron chi connectivity index (χ3n) is 4.69. The highest BCUT2D eigenvalue weighted by atomic mass is 35.5. The Morgan fingerprint density at radius 1 is 1.36 bits per heavy atom. The summed E-state index contributed by atoms with van der Waals surface area (Å²) in [6.45, 7) is 5.51. The molecule has 0 aliphatic carbocycles. The molecule has 2 aliphatic heterocycles. The van der Waals surface area contributed by atoms with Gasteiger partial charge in [-0.05, 0) is 52.5 Å². The predicted molar refractivity (Wildman–Crippen MR) is 94.5 cm³/mol. The fourth-order valence-corrected chi connectivity index (χ4v) is 3.92. The molecular weight excluding hydrogens is 344 g/mol. The molecule has 3 atom stereocenters. The van der Waals surface area contributed by atoms with Crippen molar-refractivity contribution in [1.29, 1.82) is 0 Å². The minimum Gasteiger partial charge on any atom is -0.444 e. The molecular formula is C17H25ClN4O3. The third kappa shape index (κ3) is 4.15. The Balaban J connectivity index is 1.67. The molecule has 2 N–H and O–H groups in total. The first-order valence-corrected chi connectivity index (χ1v) is 9.05. The zero-order chi connectivity index (χ0) is 18.2. The van der Waals surface area contributed by atoms with Crippen LogP contribution in [-0.4, -0.2) is 50.0 Å². The lowest BCUT2D eigenvalue weighted by Gasteiger charge is -2.39. The van der Waals surface area contributed by atoms with E-state index < -0.39 is 5.60 Å². The monoisotopic (exact) mass is 368 g/mol. The van der Waals surface area contributed by atoms with Gasteiger partial charge in [0, 0.05) is 23.7 Å². The lowest BCUT2D eigenvalue weighted by Crippen LogP contribution is -2.51. The van der Waals surface area contributed by atoms with Crippen LogP contribution >= 0.6 is 11.6 Å². The number of ether oxygens (including phenoxy) is 1. The minimum absolute atomic E-state index is 0.152. The summed E-state index contributed by atoms with van der Waals surface area (Å²) in [4.78, 5) is 14.4. The zero-order valence-electron chi connectivity index (χ0n) is 14.8. The molecule has 0 aromatic carbocycles. The van der Waals surface area contributed by atoms with E-state index in [2.05, 4.69) is 15.5 Å². The van der Waals surface area contributed by atoms with Gasteiger partial charge >= 0.3 is 6.09 Å². The van der Waals surface area contributed by atoms with E-state index in [1.807, 2.05) is 25.7 Å². The van der Waals surface area contributed by atoms with Crippen LogP contribution in [0.4, 0.5) is 10.6 Å². The highest BCUT2D eigenvalue weighted by Gasteiger charge is 2.45. The number of carbonyl (C=O) groups is 1. The van der Waals surface area contributed by atoms with Crippen LogP contribution in [-0.2, 0) is 11.3 Å². The second-order valence-corrected chi connectivity index (χ2v) is 8.17. The zero-order valence-corrected chi connectivity index (χ0v) is 15.6. The van der Waals surface area contributed by atoms with Crippen LogP contribution in [0.1, 0.15) is 52.0 Å². The molecule has 0 spiro atoms. The van der Waals surface area contributed by atoms with Crippen LogP contribution in [0.15, 0.2) is 6.07 Å². The molecule has 2 bridgehead atoms. The summed E-state index contributed by atoms with van der Waals surface area (Å²) in [6, 6.07) is 2.13. The number of aliphatic hydroxyl groups excluding tert-OH is 1. The van der Waals surface area contributed by atoms with Gasteiger partial charge in [0.15, 0.2) is 11.0 Å². The van der Waals surface area contributed by atoms with Crippen molar-refractivity contribution < 1.29 is 14.6 Å². The molecule has 1 aromatic rings. The maximum atomic E-state index is 12.5. The van der Waals surface area contributed by atoms with Crippen molar-refractivity contribution in [1.82, 2.24) is 15.1 Å². The van der Waals surface area contributed by atoms with E-state index in [0.717, 1.165) is 25.7 Å². The van der Waals surface area contributed by atoms with Crippen LogP contribution in [0, 0.1) is 0 Å². The Morgan fingerprint density at radius 3 is 2.56 bits per heavy atom. The van der Waals surface area contributed by atoms with Crippen molar-refractivity contribution in [2.75, 3.05) is 5.32 Å². The molecule has 8 heteroatoms. The van der Waals surface area contributed by atoms with Gasteiger partial charge in [0.1, 0.15) is 5.60 Å².